The lowest BCUT2D eigenvalue weighted by molar-refractivity contribution is -0.143. The summed E-state index contributed by atoms with van der Waals surface area (Å²) in [4.78, 5) is 15.1. The average Bonchev–Trinajstić information content (AvgIpc) is 3.04. The Morgan fingerprint density at radius 3 is 2.76 bits per heavy atom. The van der Waals surface area contributed by atoms with Crippen LogP contribution in [0.15, 0.2) is 24.3 Å². The summed E-state index contributed by atoms with van der Waals surface area (Å²) in [7, 11) is 1.46. The molecule has 1 fully saturated rings. The number of rotatable bonds is 2. The van der Waals surface area contributed by atoms with Crippen LogP contribution in [0.4, 0.5) is 0 Å². The first-order chi connectivity index (χ1) is 8.15. The summed E-state index contributed by atoms with van der Waals surface area (Å²) in [5.74, 6) is -0.107. The molecule has 0 aliphatic heterocycles. The van der Waals surface area contributed by atoms with E-state index in [1.165, 1.54) is 7.11 Å². The van der Waals surface area contributed by atoms with Crippen molar-refractivity contribution in [2.75, 3.05) is 7.11 Å². The molecule has 0 saturated heterocycles. The molecule has 1 N–H and O–H groups in total. The first-order valence-electron chi connectivity index (χ1n) is 5.84. The molecular formula is C14H15NO2. The highest BCUT2D eigenvalue weighted by Crippen LogP contribution is 2.49. The third-order valence-corrected chi connectivity index (χ3v) is 3.63. The maximum atomic E-state index is 11.8. The van der Waals surface area contributed by atoms with Crippen LogP contribution in [0.1, 0.15) is 24.1 Å². The Balaban J connectivity index is 2.09. The van der Waals surface area contributed by atoms with E-state index in [4.69, 9.17) is 4.74 Å². The molecule has 3 rings (SSSR count). The highest BCUT2D eigenvalue weighted by molar-refractivity contribution is 5.89. The van der Waals surface area contributed by atoms with Gasteiger partial charge >= 0.3 is 5.97 Å². The number of H-pyrrole nitrogens is 1. The number of carbonyl (C=O) groups excluding carboxylic acids is 1. The van der Waals surface area contributed by atoms with Crippen LogP contribution in [0.25, 0.3) is 10.9 Å². The Morgan fingerprint density at radius 1 is 1.35 bits per heavy atom. The number of carbonyl (C=O) groups is 1. The van der Waals surface area contributed by atoms with Crippen LogP contribution in [0, 0.1) is 6.92 Å². The summed E-state index contributed by atoms with van der Waals surface area (Å²) in [6.07, 6.45) is 1.79. The number of ether oxygens (including phenoxy) is 1. The molecule has 3 nitrogen and oxygen atoms in total. The molecule has 1 aromatic carbocycles. The van der Waals surface area contributed by atoms with Gasteiger partial charge in [0.2, 0.25) is 0 Å². The van der Waals surface area contributed by atoms with Gasteiger partial charge in [0, 0.05) is 11.2 Å². The van der Waals surface area contributed by atoms with E-state index in [1.54, 1.807) is 0 Å². The molecule has 0 bridgehead atoms. The number of hydrogen-bond acceptors (Lipinski definition) is 2. The fourth-order valence-electron chi connectivity index (χ4n) is 2.51. The van der Waals surface area contributed by atoms with Gasteiger partial charge in [0.25, 0.3) is 0 Å². The van der Waals surface area contributed by atoms with Gasteiger partial charge in [-0.1, -0.05) is 6.07 Å². The monoisotopic (exact) mass is 229 g/mol. The van der Waals surface area contributed by atoms with Crippen LogP contribution >= 0.6 is 0 Å². The van der Waals surface area contributed by atoms with Crippen LogP contribution in [0.3, 0.4) is 0 Å². The molecule has 1 aromatic heterocycles. The van der Waals surface area contributed by atoms with Crippen LogP contribution in [-0.4, -0.2) is 18.1 Å². The first-order valence-corrected chi connectivity index (χ1v) is 5.84. The van der Waals surface area contributed by atoms with Crippen molar-refractivity contribution in [1.82, 2.24) is 4.98 Å². The quantitative estimate of drug-likeness (QED) is 0.804. The molecule has 0 unspecified atom stereocenters. The van der Waals surface area contributed by atoms with Gasteiger partial charge in [-0.15, -0.1) is 0 Å². The van der Waals surface area contributed by atoms with Crippen molar-refractivity contribution < 1.29 is 9.53 Å². The van der Waals surface area contributed by atoms with E-state index in [-0.39, 0.29) is 11.4 Å². The zero-order valence-corrected chi connectivity index (χ0v) is 10.0. The Hall–Kier alpha value is -1.77. The van der Waals surface area contributed by atoms with Gasteiger partial charge in [-0.05, 0) is 48.9 Å². The van der Waals surface area contributed by atoms with Crippen LogP contribution in [-0.2, 0) is 14.9 Å². The predicted molar refractivity (Wildman–Crippen MR) is 66.0 cm³/mol. The second-order valence-electron chi connectivity index (χ2n) is 4.83. The van der Waals surface area contributed by atoms with Crippen molar-refractivity contribution in [2.24, 2.45) is 0 Å². The van der Waals surface area contributed by atoms with Gasteiger partial charge in [0.1, 0.15) is 0 Å². The number of benzene rings is 1. The van der Waals surface area contributed by atoms with Gasteiger partial charge < -0.3 is 9.72 Å². The van der Waals surface area contributed by atoms with Crippen LogP contribution in [0.2, 0.25) is 0 Å². The number of esters is 1. The van der Waals surface area contributed by atoms with Crippen molar-refractivity contribution in [3.63, 3.8) is 0 Å². The number of hydrogen-bond donors (Lipinski definition) is 1. The van der Waals surface area contributed by atoms with E-state index in [0.29, 0.717) is 0 Å². The lowest BCUT2D eigenvalue weighted by Gasteiger charge is -2.12. The van der Waals surface area contributed by atoms with Gasteiger partial charge in [-0.3, -0.25) is 4.79 Å². The predicted octanol–water partition coefficient (Wildman–Crippen LogP) is 2.68. The van der Waals surface area contributed by atoms with E-state index < -0.39 is 0 Å². The number of aromatic amines is 1. The lowest BCUT2D eigenvalue weighted by atomic mass is 9.95. The SMILES string of the molecule is COC(=O)C1(c2ccc3[nH]c(C)cc3c2)CC1. The number of fused-ring (bicyclic) bond motifs is 1. The maximum absolute atomic E-state index is 11.8. The van der Waals surface area contributed by atoms with Crippen molar-refractivity contribution in [2.45, 2.75) is 25.2 Å². The molecule has 1 heterocycles. The summed E-state index contributed by atoms with van der Waals surface area (Å²) in [5, 5.41) is 1.16. The first kappa shape index (κ1) is 10.4. The fourth-order valence-corrected chi connectivity index (χ4v) is 2.51. The Bertz CT molecular complexity index is 593. The number of methoxy groups -OCH3 is 1. The molecule has 17 heavy (non-hydrogen) atoms. The number of aryl methyl sites for hydroxylation is 1. The summed E-state index contributed by atoms with van der Waals surface area (Å²) in [6.45, 7) is 2.03. The summed E-state index contributed by atoms with van der Waals surface area (Å²) < 4.78 is 4.90. The van der Waals surface area contributed by atoms with Crippen LogP contribution in [0.5, 0.6) is 0 Å². The highest BCUT2D eigenvalue weighted by Gasteiger charge is 2.52. The van der Waals surface area contributed by atoms with Crippen LogP contribution < -0.4 is 0 Å². The average molecular weight is 229 g/mol. The molecule has 88 valence electrons. The Kier molecular flexibility index (Phi) is 2.05. The molecule has 2 aromatic rings. The molecule has 1 saturated carbocycles. The third-order valence-electron chi connectivity index (χ3n) is 3.63. The molecule has 1 aliphatic carbocycles. The molecule has 1 aliphatic rings. The normalized spacial score (nSPS) is 17.1. The van der Waals surface area contributed by atoms with E-state index in [9.17, 15) is 4.79 Å². The molecule has 0 radical (unpaired) electrons. The van der Waals surface area contributed by atoms with E-state index >= 15 is 0 Å². The minimum atomic E-state index is -0.367. The molecule has 0 atom stereocenters. The second kappa shape index (κ2) is 3.36. The van der Waals surface area contributed by atoms with Gasteiger partial charge in [0.15, 0.2) is 0 Å². The maximum Gasteiger partial charge on any atom is 0.316 e. The summed E-state index contributed by atoms with van der Waals surface area (Å²) in [6, 6.07) is 8.28. The minimum Gasteiger partial charge on any atom is -0.468 e. The smallest absolute Gasteiger partial charge is 0.316 e. The van der Waals surface area contributed by atoms with Gasteiger partial charge in [-0.25, -0.2) is 0 Å². The summed E-state index contributed by atoms with van der Waals surface area (Å²) in [5.41, 5.74) is 2.97. The zero-order chi connectivity index (χ0) is 12.0. The fraction of sp³-hybridized carbons (Fsp3) is 0.357. The van der Waals surface area contributed by atoms with Crippen molar-refractivity contribution in [3.05, 3.63) is 35.5 Å². The van der Waals surface area contributed by atoms with E-state index in [2.05, 4.69) is 17.1 Å². The second-order valence-corrected chi connectivity index (χ2v) is 4.83. The molecule has 0 spiro atoms. The number of aromatic nitrogens is 1. The van der Waals surface area contributed by atoms with Gasteiger partial charge in [0.05, 0.1) is 12.5 Å². The largest absolute Gasteiger partial charge is 0.468 e. The molecule has 0 amide bonds. The molecule has 3 heteroatoms. The van der Waals surface area contributed by atoms with E-state index in [1.807, 2.05) is 19.1 Å². The lowest BCUT2D eigenvalue weighted by Crippen LogP contribution is -2.21. The Morgan fingerprint density at radius 2 is 2.12 bits per heavy atom. The zero-order valence-electron chi connectivity index (χ0n) is 10.0. The van der Waals surface area contributed by atoms with Crippen molar-refractivity contribution in [1.29, 1.82) is 0 Å². The minimum absolute atomic E-state index is 0.107. The molecular weight excluding hydrogens is 214 g/mol. The van der Waals surface area contributed by atoms with E-state index in [0.717, 1.165) is 35.0 Å². The number of nitrogens with one attached hydrogen (secondary N) is 1. The van der Waals surface area contributed by atoms with Gasteiger partial charge in [-0.2, -0.15) is 0 Å². The standard InChI is InChI=1S/C14H15NO2/c1-9-7-10-8-11(3-4-12(10)15-9)14(5-6-14)13(16)17-2/h3-4,7-8,15H,5-6H2,1-2H3. The Labute approximate surface area is 99.8 Å². The summed E-state index contributed by atoms with van der Waals surface area (Å²) >= 11 is 0. The topological polar surface area (TPSA) is 42.1 Å². The van der Waals surface area contributed by atoms with Crippen molar-refractivity contribution in [3.8, 4) is 0 Å². The third kappa shape index (κ3) is 1.46. The van der Waals surface area contributed by atoms with Crippen molar-refractivity contribution >= 4 is 16.9 Å². The highest BCUT2D eigenvalue weighted by atomic mass is 16.5.